The number of halogens is 1. The van der Waals surface area contributed by atoms with Gasteiger partial charge < -0.3 is 19.7 Å². The molecule has 0 aromatic heterocycles. The van der Waals surface area contributed by atoms with Crippen LogP contribution in [0.25, 0.3) is 0 Å². The molecule has 1 fully saturated rings. The number of piperazine rings is 1. The third-order valence-corrected chi connectivity index (χ3v) is 4.14. The molecule has 6 heteroatoms. The first-order chi connectivity index (χ1) is 11.2. The third kappa shape index (κ3) is 6.67. The summed E-state index contributed by atoms with van der Waals surface area (Å²) >= 11 is 0. The zero-order valence-corrected chi connectivity index (χ0v) is 15.4. The Labute approximate surface area is 151 Å². The molecule has 1 aromatic rings. The van der Waals surface area contributed by atoms with Crippen molar-refractivity contribution in [2.24, 2.45) is 0 Å². The molecule has 2 rings (SSSR count). The zero-order chi connectivity index (χ0) is 16.5. The minimum Gasteiger partial charge on any atom is -0.494 e. The van der Waals surface area contributed by atoms with E-state index in [-0.39, 0.29) is 24.4 Å². The van der Waals surface area contributed by atoms with Crippen molar-refractivity contribution in [2.45, 2.75) is 32.2 Å². The maximum absolute atomic E-state index is 12.2. The predicted octanol–water partition coefficient (Wildman–Crippen LogP) is 2.28. The Morgan fingerprint density at radius 3 is 2.71 bits per heavy atom. The number of hydrogen-bond acceptors (Lipinski definition) is 4. The van der Waals surface area contributed by atoms with E-state index in [0.717, 1.165) is 44.8 Å². The van der Waals surface area contributed by atoms with Gasteiger partial charge in [0, 0.05) is 39.2 Å². The highest BCUT2D eigenvalue weighted by Gasteiger charge is 2.22. The molecule has 0 radical (unpaired) electrons. The summed E-state index contributed by atoms with van der Waals surface area (Å²) in [6.45, 7) is 5.98. The van der Waals surface area contributed by atoms with Crippen LogP contribution < -0.4 is 10.1 Å². The van der Waals surface area contributed by atoms with E-state index in [4.69, 9.17) is 9.47 Å². The summed E-state index contributed by atoms with van der Waals surface area (Å²) in [5.74, 6) is 1.09. The number of rotatable bonds is 8. The Kier molecular flexibility index (Phi) is 9.76. The van der Waals surface area contributed by atoms with Crippen molar-refractivity contribution in [1.82, 2.24) is 10.2 Å². The molecule has 1 aromatic carbocycles. The maximum atomic E-state index is 12.2. The van der Waals surface area contributed by atoms with Crippen LogP contribution in [0, 0.1) is 0 Å². The lowest BCUT2D eigenvalue weighted by molar-refractivity contribution is -0.134. The topological polar surface area (TPSA) is 50.8 Å². The van der Waals surface area contributed by atoms with E-state index < -0.39 is 0 Å². The summed E-state index contributed by atoms with van der Waals surface area (Å²) in [6, 6.07) is 8.36. The second kappa shape index (κ2) is 11.3. The minimum atomic E-state index is 0. The van der Waals surface area contributed by atoms with Gasteiger partial charge in [-0.15, -0.1) is 12.4 Å². The highest BCUT2D eigenvalue weighted by Crippen LogP contribution is 2.13. The number of amides is 1. The molecule has 1 aliphatic heterocycles. The minimum absolute atomic E-state index is 0. The molecule has 1 atom stereocenters. The molecule has 1 heterocycles. The monoisotopic (exact) mass is 356 g/mol. The molecular weight excluding hydrogens is 328 g/mol. The van der Waals surface area contributed by atoms with Gasteiger partial charge in [-0.05, 0) is 37.5 Å². The number of hydrogen-bond donors (Lipinski definition) is 1. The molecule has 136 valence electrons. The summed E-state index contributed by atoms with van der Waals surface area (Å²) in [5, 5.41) is 3.30. The van der Waals surface area contributed by atoms with Gasteiger partial charge in [0.05, 0.1) is 13.2 Å². The maximum Gasteiger partial charge on any atom is 0.223 e. The normalized spacial score (nSPS) is 17.2. The molecule has 0 saturated carbocycles. The van der Waals surface area contributed by atoms with Crippen molar-refractivity contribution in [3.05, 3.63) is 29.8 Å². The second-order valence-corrected chi connectivity index (χ2v) is 5.98. The molecule has 5 nitrogen and oxygen atoms in total. The van der Waals surface area contributed by atoms with Crippen LogP contribution in [0.1, 0.15) is 25.3 Å². The first-order valence-electron chi connectivity index (χ1n) is 8.41. The Morgan fingerprint density at radius 1 is 1.29 bits per heavy atom. The molecule has 1 unspecified atom stereocenters. The van der Waals surface area contributed by atoms with Gasteiger partial charge in [-0.2, -0.15) is 0 Å². The van der Waals surface area contributed by atoms with E-state index >= 15 is 0 Å². The number of methoxy groups -OCH3 is 1. The molecule has 1 amide bonds. The van der Waals surface area contributed by atoms with Crippen molar-refractivity contribution in [3.8, 4) is 5.75 Å². The summed E-state index contributed by atoms with van der Waals surface area (Å²) in [6.07, 6.45) is 2.21. The quantitative estimate of drug-likeness (QED) is 0.726. The Balaban J connectivity index is 0.00000288. The molecule has 1 aliphatic rings. The van der Waals surface area contributed by atoms with Crippen LogP contribution in [-0.2, 0) is 16.0 Å². The zero-order valence-electron chi connectivity index (χ0n) is 14.6. The van der Waals surface area contributed by atoms with Gasteiger partial charge in [0.25, 0.3) is 0 Å². The molecule has 0 aliphatic carbocycles. The van der Waals surface area contributed by atoms with Gasteiger partial charge in [0.1, 0.15) is 5.75 Å². The van der Waals surface area contributed by atoms with Crippen LogP contribution in [0.5, 0.6) is 5.75 Å². The van der Waals surface area contributed by atoms with Crippen molar-refractivity contribution >= 4 is 18.3 Å². The standard InChI is InChI=1S/C18H28N2O3.ClH/c1-15-14-19-10-11-20(15)18(21)4-3-12-23-17-7-5-16(6-8-17)9-13-22-2;/h5-8,15,19H,3-4,9-14H2,1-2H3;1H. The van der Waals surface area contributed by atoms with Crippen LogP contribution >= 0.6 is 12.4 Å². The Bertz CT molecular complexity index is 482. The lowest BCUT2D eigenvalue weighted by Gasteiger charge is -2.34. The van der Waals surface area contributed by atoms with Crippen molar-refractivity contribution in [2.75, 3.05) is 40.0 Å². The van der Waals surface area contributed by atoms with E-state index in [9.17, 15) is 4.79 Å². The fourth-order valence-electron chi connectivity index (χ4n) is 2.74. The summed E-state index contributed by atoms with van der Waals surface area (Å²) in [7, 11) is 1.71. The van der Waals surface area contributed by atoms with E-state index in [1.54, 1.807) is 7.11 Å². The number of carbonyl (C=O) groups is 1. The van der Waals surface area contributed by atoms with E-state index in [2.05, 4.69) is 24.4 Å². The van der Waals surface area contributed by atoms with Gasteiger partial charge >= 0.3 is 0 Å². The highest BCUT2D eigenvalue weighted by molar-refractivity contribution is 5.85. The number of benzene rings is 1. The lowest BCUT2D eigenvalue weighted by Crippen LogP contribution is -2.52. The van der Waals surface area contributed by atoms with Crippen LogP contribution in [0.2, 0.25) is 0 Å². The average Bonchev–Trinajstić information content (AvgIpc) is 2.58. The van der Waals surface area contributed by atoms with Crippen molar-refractivity contribution < 1.29 is 14.3 Å². The smallest absolute Gasteiger partial charge is 0.223 e. The van der Waals surface area contributed by atoms with Crippen molar-refractivity contribution in [3.63, 3.8) is 0 Å². The molecule has 24 heavy (non-hydrogen) atoms. The molecule has 0 bridgehead atoms. The average molecular weight is 357 g/mol. The molecular formula is C18H29ClN2O3. The van der Waals surface area contributed by atoms with Gasteiger partial charge in [-0.3, -0.25) is 4.79 Å². The highest BCUT2D eigenvalue weighted by atomic mass is 35.5. The summed E-state index contributed by atoms with van der Waals surface area (Å²) in [5.41, 5.74) is 1.24. The van der Waals surface area contributed by atoms with Crippen molar-refractivity contribution in [1.29, 1.82) is 0 Å². The second-order valence-electron chi connectivity index (χ2n) is 5.98. The van der Waals surface area contributed by atoms with E-state index in [1.807, 2.05) is 17.0 Å². The first kappa shape index (κ1) is 20.7. The third-order valence-electron chi connectivity index (χ3n) is 4.14. The number of ether oxygens (including phenoxy) is 2. The number of nitrogens with zero attached hydrogens (tertiary/aromatic N) is 1. The lowest BCUT2D eigenvalue weighted by atomic mass is 10.1. The Morgan fingerprint density at radius 2 is 2.04 bits per heavy atom. The first-order valence-corrected chi connectivity index (χ1v) is 8.41. The van der Waals surface area contributed by atoms with Crippen LogP contribution in [-0.4, -0.2) is 56.8 Å². The fourth-order valence-corrected chi connectivity index (χ4v) is 2.74. The predicted molar refractivity (Wildman–Crippen MR) is 98.0 cm³/mol. The van der Waals surface area contributed by atoms with Gasteiger partial charge in [-0.25, -0.2) is 0 Å². The molecule has 0 spiro atoms. The number of carbonyl (C=O) groups excluding carboxylic acids is 1. The summed E-state index contributed by atoms with van der Waals surface area (Å²) < 4.78 is 10.8. The van der Waals surface area contributed by atoms with Gasteiger partial charge in [0.2, 0.25) is 5.91 Å². The van der Waals surface area contributed by atoms with Gasteiger partial charge in [-0.1, -0.05) is 12.1 Å². The van der Waals surface area contributed by atoms with Crippen LogP contribution in [0.15, 0.2) is 24.3 Å². The fraction of sp³-hybridized carbons (Fsp3) is 0.611. The van der Waals surface area contributed by atoms with E-state index in [0.29, 0.717) is 13.0 Å². The largest absolute Gasteiger partial charge is 0.494 e. The van der Waals surface area contributed by atoms with Crippen LogP contribution in [0.3, 0.4) is 0 Å². The van der Waals surface area contributed by atoms with Gasteiger partial charge in [0.15, 0.2) is 0 Å². The Hall–Kier alpha value is -1.30. The van der Waals surface area contributed by atoms with E-state index in [1.165, 1.54) is 5.56 Å². The number of nitrogens with one attached hydrogen (secondary N) is 1. The molecule has 1 saturated heterocycles. The van der Waals surface area contributed by atoms with Crippen LogP contribution in [0.4, 0.5) is 0 Å². The SMILES string of the molecule is COCCc1ccc(OCCCC(=O)N2CCNCC2C)cc1.Cl. The summed E-state index contributed by atoms with van der Waals surface area (Å²) in [4.78, 5) is 14.2. The molecule has 1 N–H and O–H groups in total.